The van der Waals surface area contributed by atoms with Crippen molar-refractivity contribution in [2.75, 3.05) is 18.0 Å². The molecule has 0 aliphatic rings. The third-order valence-corrected chi connectivity index (χ3v) is 6.48. The van der Waals surface area contributed by atoms with Gasteiger partial charge in [-0.3, -0.25) is 4.79 Å². The maximum Gasteiger partial charge on any atom is 0.270 e. The van der Waals surface area contributed by atoms with E-state index in [1.807, 2.05) is 30.3 Å². The molecule has 0 aromatic heterocycles. The third-order valence-electron chi connectivity index (χ3n) is 4.42. The van der Waals surface area contributed by atoms with Crippen LogP contribution in [0.15, 0.2) is 83.8 Å². The molecule has 3 rings (SSSR count). The molecular formula is C23H22ClNO5S. The second kappa shape index (κ2) is 10.3. The summed E-state index contributed by atoms with van der Waals surface area (Å²) in [6.07, 6.45) is 0.320. The highest BCUT2D eigenvalue weighted by molar-refractivity contribution is 7.93. The molecule has 0 saturated carbocycles. The SMILES string of the molecule is COc1ccc(N(C(=O)CCCOc2ccccc2)S(=O)(=O)c2ccccc2)cc1Cl. The fourth-order valence-electron chi connectivity index (χ4n) is 2.93. The fraction of sp³-hybridized carbons (Fsp3) is 0.174. The number of nitrogens with zero attached hydrogens (tertiary/aromatic N) is 1. The van der Waals surface area contributed by atoms with Crippen molar-refractivity contribution in [3.05, 3.63) is 83.9 Å². The number of methoxy groups -OCH3 is 1. The van der Waals surface area contributed by atoms with Gasteiger partial charge in [0.25, 0.3) is 10.0 Å². The number of hydrogen-bond donors (Lipinski definition) is 0. The summed E-state index contributed by atoms with van der Waals surface area (Å²) in [7, 11) is -2.68. The van der Waals surface area contributed by atoms with E-state index in [0.29, 0.717) is 17.9 Å². The molecule has 0 spiro atoms. The normalized spacial score (nSPS) is 11.0. The molecule has 0 heterocycles. The van der Waals surface area contributed by atoms with Gasteiger partial charge in [-0.1, -0.05) is 48.0 Å². The van der Waals surface area contributed by atoms with E-state index in [1.165, 1.54) is 37.4 Å². The molecule has 1 amide bonds. The van der Waals surface area contributed by atoms with E-state index in [-0.39, 0.29) is 28.6 Å². The Morgan fingerprint density at radius 3 is 2.23 bits per heavy atom. The monoisotopic (exact) mass is 459 g/mol. The summed E-state index contributed by atoms with van der Waals surface area (Å²) < 4.78 is 38.1. The van der Waals surface area contributed by atoms with Crippen molar-refractivity contribution in [1.82, 2.24) is 0 Å². The second-order valence-corrected chi connectivity index (χ2v) is 8.75. The van der Waals surface area contributed by atoms with E-state index in [4.69, 9.17) is 21.1 Å². The molecule has 0 radical (unpaired) electrons. The summed E-state index contributed by atoms with van der Waals surface area (Å²) in [6, 6.07) is 21.4. The topological polar surface area (TPSA) is 72.9 Å². The van der Waals surface area contributed by atoms with Crippen molar-refractivity contribution in [1.29, 1.82) is 0 Å². The summed E-state index contributed by atoms with van der Waals surface area (Å²) in [6.45, 7) is 0.276. The Morgan fingerprint density at radius 2 is 1.61 bits per heavy atom. The highest BCUT2D eigenvalue weighted by Crippen LogP contribution is 2.32. The number of sulfonamides is 1. The molecule has 3 aromatic rings. The smallest absolute Gasteiger partial charge is 0.270 e. The lowest BCUT2D eigenvalue weighted by Crippen LogP contribution is -2.37. The van der Waals surface area contributed by atoms with Gasteiger partial charge in [0.2, 0.25) is 5.91 Å². The van der Waals surface area contributed by atoms with Gasteiger partial charge >= 0.3 is 0 Å². The molecule has 162 valence electrons. The quantitative estimate of drug-likeness (QED) is 0.424. The van der Waals surface area contributed by atoms with E-state index in [9.17, 15) is 13.2 Å². The van der Waals surface area contributed by atoms with Crippen LogP contribution >= 0.6 is 11.6 Å². The van der Waals surface area contributed by atoms with Crippen LogP contribution in [0.25, 0.3) is 0 Å². The lowest BCUT2D eigenvalue weighted by atomic mass is 10.2. The van der Waals surface area contributed by atoms with Crippen molar-refractivity contribution < 1.29 is 22.7 Å². The second-order valence-electron chi connectivity index (χ2n) is 6.56. The minimum atomic E-state index is -4.14. The number of anilines is 1. The number of para-hydroxylation sites is 1. The largest absolute Gasteiger partial charge is 0.495 e. The molecule has 0 saturated heterocycles. The zero-order chi connectivity index (χ0) is 22.3. The van der Waals surface area contributed by atoms with Gasteiger partial charge in [-0.05, 0) is 48.9 Å². The number of hydrogen-bond acceptors (Lipinski definition) is 5. The van der Waals surface area contributed by atoms with Crippen LogP contribution in [0.2, 0.25) is 5.02 Å². The molecule has 0 aliphatic carbocycles. The van der Waals surface area contributed by atoms with E-state index in [1.54, 1.807) is 18.2 Å². The van der Waals surface area contributed by atoms with Gasteiger partial charge in [0, 0.05) is 6.42 Å². The van der Waals surface area contributed by atoms with E-state index >= 15 is 0 Å². The minimum absolute atomic E-state index is 0.0100. The van der Waals surface area contributed by atoms with Gasteiger partial charge in [0.05, 0.1) is 29.3 Å². The fourth-order valence-corrected chi connectivity index (χ4v) is 4.64. The summed E-state index contributed by atoms with van der Waals surface area (Å²) in [5.74, 6) is 0.485. The summed E-state index contributed by atoms with van der Waals surface area (Å²) in [4.78, 5) is 13.1. The first-order valence-electron chi connectivity index (χ1n) is 9.58. The first-order chi connectivity index (χ1) is 14.9. The number of amides is 1. The summed E-state index contributed by atoms with van der Waals surface area (Å²) in [5, 5.41) is 0.202. The zero-order valence-corrected chi connectivity index (χ0v) is 18.5. The van der Waals surface area contributed by atoms with Crippen LogP contribution in [0.4, 0.5) is 5.69 Å². The molecule has 0 atom stereocenters. The number of benzene rings is 3. The number of rotatable bonds is 9. The maximum atomic E-state index is 13.3. The van der Waals surface area contributed by atoms with Crippen LogP contribution in [-0.2, 0) is 14.8 Å². The molecule has 0 fully saturated rings. The lowest BCUT2D eigenvalue weighted by Gasteiger charge is -2.23. The Hall–Kier alpha value is -3.03. The van der Waals surface area contributed by atoms with Crippen molar-refractivity contribution in [2.24, 2.45) is 0 Å². The maximum absolute atomic E-state index is 13.3. The lowest BCUT2D eigenvalue weighted by molar-refractivity contribution is -0.117. The Balaban J connectivity index is 1.83. The van der Waals surface area contributed by atoms with E-state index < -0.39 is 15.9 Å². The van der Waals surface area contributed by atoms with Crippen molar-refractivity contribution in [2.45, 2.75) is 17.7 Å². The first-order valence-corrected chi connectivity index (χ1v) is 11.4. The van der Waals surface area contributed by atoms with Crippen LogP contribution in [0.3, 0.4) is 0 Å². The van der Waals surface area contributed by atoms with Crippen molar-refractivity contribution >= 4 is 33.2 Å². The predicted octanol–water partition coefficient (Wildman–Crippen LogP) is 4.93. The molecule has 0 bridgehead atoms. The Labute approximate surface area is 187 Å². The average molecular weight is 460 g/mol. The highest BCUT2D eigenvalue weighted by atomic mass is 35.5. The predicted molar refractivity (Wildman–Crippen MR) is 120 cm³/mol. The molecule has 3 aromatic carbocycles. The number of ether oxygens (including phenoxy) is 2. The first kappa shape index (κ1) is 22.7. The molecule has 8 heteroatoms. The molecule has 0 aliphatic heterocycles. The Morgan fingerprint density at radius 1 is 0.968 bits per heavy atom. The molecular weight excluding hydrogens is 438 g/mol. The standard InChI is InChI=1S/C23H22ClNO5S/c1-29-22-15-14-18(17-21(22)24)25(31(27,28)20-11-6-3-7-12-20)23(26)13-8-16-30-19-9-4-2-5-10-19/h2-7,9-12,14-15,17H,8,13,16H2,1H3. The molecule has 31 heavy (non-hydrogen) atoms. The van der Waals surface area contributed by atoms with Crippen LogP contribution in [-0.4, -0.2) is 28.0 Å². The van der Waals surface area contributed by atoms with Gasteiger partial charge in [0.15, 0.2) is 0 Å². The average Bonchev–Trinajstić information content (AvgIpc) is 2.78. The zero-order valence-electron chi connectivity index (χ0n) is 16.9. The van der Waals surface area contributed by atoms with Gasteiger partial charge < -0.3 is 9.47 Å². The van der Waals surface area contributed by atoms with Crippen LogP contribution in [0, 0.1) is 0 Å². The Kier molecular flexibility index (Phi) is 7.55. The summed E-state index contributed by atoms with van der Waals surface area (Å²) >= 11 is 6.19. The van der Waals surface area contributed by atoms with E-state index in [2.05, 4.69) is 0 Å². The van der Waals surface area contributed by atoms with Crippen LogP contribution < -0.4 is 13.8 Å². The third kappa shape index (κ3) is 5.57. The Bertz CT molecular complexity index is 1120. The molecule has 0 N–H and O–H groups in total. The van der Waals surface area contributed by atoms with Crippen molar-refractivity contribution in [3.8, 4) is 11.5 Å². The number of carbonyl (C=O) groups excluding carboxylic acids is 1. The van der Waals surface area contributed by atoms with Crippen molar-refractivity contribution in [3.63, 3.8) is 0 Å². The highest BCUT2D eigenvalue weighted by Gasteiger charge is 2.31. The number of carbonyl (C=O) groups is 1. The van der Waals surface area contributed by atoms with Crippen LogP contribution in [0.1, 0.15) is 12.8 Å². The molecule has 6 nitrogen and oxygen atoms in total. The van der Waals surface area contributed by atoms with Crippen LogP contribution in [0.5, 0.6) is 11.5 Å². The minimum Gasteiger partial charge on any atom is -0.495 e. The number of halogens is 1. The van der Waals surface area contributed by atoms with Gasteiger partial charge in [-0.25, -0.2) is 12.7 Å². The molecule has 0 unspecified atom stereocenters. The van der Waals surface area contributed by atoms with Gasteiger partial charge in [-0.15, -0.1) is 0 Å². The van der Waals surface area contributed by atoms with E-state index in [0.717, 1.165) is 4.31 Å². The summed E-state index contributed by atoms with van der Waals surface area (Å²) in [5.41, 5.74) is 0.142. The van der Waals surface area contributed by atoms with Gasteiger partial charge in [0.1, 0.15) is 11.5 Å². The van der Waals surface area contributed by atoms with Gasteiger partial charge in [-0.2, -0.15) is 0 Å².